The highest BCUT2D eigenvalue weighted by Crippen LogP contribution is 2.28. The molecule has 108 valence electrons. The number of carbonyl (C=O) groups is 2. The summed E-state index contributed by atoms with van der Waals surface area (Å²) >= 11 is 0. The van der Waals surface area contributed by atoms with Gasteiger partial charge in [0.1, 0.15) is 0 Å². The molecule has 0 unspecified atom stereocenters. The SMILES string of the molecule is Nc1c(OC(=O)c2ccc(O)c(O)c2)cccc1C(=O)O. The summed E-state index contributed by atoms with van der Waals surface area (Å²) in [4.78, 5) is 22.8. The summed E-state index contributed by atoms with van der Waals surface area (Å²) in [6, 6.07) is 7.41. The molecular weight excluding hydrogens is 278 g/mol. The van der Waals surface area contributed by atoms with Gasteiger partial charge >= 0.3 is 11.9 Å². The second kappa shape index (κ2) is 5.41. The van der Waals surface area contributed by atoms with Gasteiger partial charge in [-0.1, -0.05) is 6.07 Å². The molecule has 0 atom stereocenters. The number of aromatic carboxylic acids is 1. The van der Waals surface area contributed by atoms with E-state index in [2.05, 4.69) is 0 Å². The Balaban J connectivity index is 2.29. The zero-order chi connectivity index (χ0) is 15.6. The quantitative estimate of drug-likeness (QED) is 0.292. The number of para-hydroxylation sites is 1. The third kappa shape index (κ3) is 2.86. The van der Waals surface area contributed by atoms with Crippen LogP contribution < -0.4 is 10.5 Å². The van der Waals surface area contributed by atoms with Crippen molar-refractivity contribution in [3.8, 4) is 17.2 Å². The lowest BCUT2D eigenvalue weighted by molar-refractivity contribution is 0.0689. The van der Waals surface area contributed by atoms with Crippen LogP contribution in [0.2, 0.25) is 0 Å². The Kier molecular flexibility index (Phi) is 3.66. The van der Waals surface area contributed by atoms with Crippen LogP contribution >= 0.6 is 0 Å². The van der Waals surface area contributed by atoms with E-state index < -0.39 is 17.7 Å². The number of rotatable bonds is 3. The molecule has 0 aromatic heterocycles. The topological polar surface area (TPSA) is 130 Å². The van der Waals surface area contributed by atoms with E-state index in [1.54, 1.807) is 0 Å². The third-order valence-electron chi connectivity index (χ3n) is 2.71. The molecule has 5 N–H and O–H groups in total. The molecule has 0 bridgehead atoms. The van der Waals surface area contributed by atoms with E-state index in [4.69, 9.17) is 20.7 Å². The Morgan fingerprint density at radius 3 is 2.38 bits per heavy atom. The van der Waals surface area contributed by atoms with E-state index in [1.165, 1.54) is 24.3 Å². The average Bonchev–Trinajstić information content (AvgIpc) is 2.43. The first-order valence-electron chi connectivity index (χ1n) is 5.76. The van der Waals surface area contributed by atoms with Crippen molar-refractivity contribution < 1.29 is 29.6 Å². The Labute approximate surface area is 118 Å². The number of carbonyl (C=O) groups excluding carboxylic acids is 1. The number of nitrogens with two attached hydrogens (primary N) is 1. The molecule has 21 heavy (non-hydrogen) atoms. The predicted molar refractivity (Wildman–Crippen MR) is 72.5 cm³/mol. The molecule has 2 aromatic rings. The molecule has 0 aliphatic rings. The number of carboxylic acid groups (broad SMARTS) is 1. The molecule has 7 heteroatoms. The second-order valence-electron chi connectivity index (χ2n) is 4.12. The van der Waals surface area contributed by atoms with Crippen molar-refractivity contribution in [3.05, 3.63) is 47.5 Å². The van der Waals surface area contributed by atoms with Gasteiger partial charge in [0.15, 0.2) is 17.2 Å². The zero-order valence-corrected chi connectivity index (χ0v) is 10.6. The van der Waals surface area contributed by atoms with Gasteiger partial charge in [0.2, 0.25) is 0 Å². The lowest BCUT2D eigenvalue weighted by atomic mass is 10.1. The number of hydrogen-bond donors (Lipinski definition) is 4. The minimum absolute atomic E-state index is 0.0228. The first-order chi connectivity index (χ1) is 9.90. The fourth-order valence-corrected chi connectivity index (χ4v) is 1.63. The Hall–Kier alpha value is -3.22. The van der Waals surface area contributed by atoms with Gasteiger partial charge in [-0.25, -0.2) is 9.59 Å². The van der Waals surface area contributed by atoms with Gasteiger partial charge in [0, 0.05) is 0 Å². The number of nitrogen functional groups attached to an aromatic ring is 1. The molecule has 0 saturated carbocycles. The molecule has 2 rings (SSSR count). The molecule has 0 aliphatic heterocycles. The molecule has 2 aromatic carbocycles. The number of aromatic hydroxyl groups is 2. The smallest absolute Gasteiger partial charge is 0.343 e. The van der Waals surface area contributed by atoms with E-state index in [0.717, 1.165) is 12.1 Å². The largest absolute Gasteiger partial charge is 0.504 e. The first kappa shape index (κ1) is 14.2. The molecule has 0 fully saturated rings. The summed E-state index contributed by atoms with van der Waals surface area (Å²) < 4.78 is 5.00. The molecular formula is C14H11NO6. The van der Waals surface area contributed by atoms with E-state index in [0.29, 0.717) is 0 Å². The molecule has 0 heterocycles. The van der Waals surface area contributed by atoms with Crippen molar-refractivity contribution in [1.29, 1.82) is 0 Å². The summed E-state index contributed by atoms with van der Waals surface area (Å²) in [6.45, 7) is 0. The molecule has 0 spiro atoms. The van der Waals surface area contributed by atoms with Crippen molar-refractivity contribution in [2.75, 3.05) is 5.73 Å². The number of anilines is 1. The standard InChI is InChI=1S/C14H11NO6/c15-12-8(13(18)19)2-1-3-11(12)21-14(20)7-4-5-9(16)10(17)6-7/h1-6,16-17H,15H2,(H,18,19). The number of esters is 1. The predicted octanol–water partition coefficient (Wildman–Crippen LogP) is 1.60. The summed E-state index contributed by atoms with van der Waals surface area (Å²) in [5.41, 5.74) is 5.23. The highest BCUT2D eigenvalue weighted by molar-refractivity contribution is 5.97. The number of phenols is 2. The number of carboxylic acids is 1. The number of benzene rings is 2. The van der Waals surface area contributed by atoms with Gasteiger partial charge < -0.3 is 25.8 Å². The summed E-state index contributed by atoms with van der Waals surface area (Å²) in [7, 11) is 0. The van der Waals surface area contributed by atoms with Crippen molar-refractivity contribution in [2.24, 2.45) is 0 Å². The van der Waals surface area contributed by atoms with Crippen molar-refractivity contribution >= 4 is 17.6 Å². The summed E-state index contributed by atoms with van der Waals surface area (Å²) in [5, 5.41) is 27.4. The molecule has 0 aliphatic carbocycles. The fraction of sp³-hybridized carbons (Fsp3) is 0. The van der Waals surface area contributed by atoms with Crippen LogP contribution in [0.4, 0.5) is 5.69 Å². The van der Waals surface area contributed by atoms with Crippen LogP contribution in [0.25, 0.3) is 0 Å². The number of ether oxygens (including phenoxy) is 1. The van der Waals surface area contributed by atoms with E-state index in [-0.39, 0.29) is 28.3 Å². The summed E-state index contributed by atoms with van der Waals surface area (Å²) in [5.74, 6) is -3.05. The van der Waals surface area contributed by atoms with Gasteiger partial charge in [-0.15, -0.1) is 0 Å². The van der Waals surface area contributed by atoms with Crippen LogP contribution in [0.15, 0.2) is 36.4 Å². The van der Waals surface area contributed by atoms with Crippen molar-refractivity contribution in [3.63, 3.8) is 0 Å². The lowest BCUT2D eigenvalue weighted by Crippen LogP contribution is -2.11. The van der Waals surface area contributed by atoms with Crippen molar-refractivity contribution in [2.45, 2.75) is 0 Å². The monoisotopic (exact) mass is 289 g/mol. The van der Waals surface area contributed by atoms with Crippen LogP contribution in [0.1, 0.15) is 20.7 Å². The first-order valence-corrected chi connectivity index (χ1v) is 5.76. The Morgan fingerprint density at radius 2 is 1.76 bits per heavy atom. The van der Waals surface area contributed by atoms with E-state index in [9.17, 15) is 14.7 Å². The highest BCUT2D eigenvalue weighted by Gasteiger charge is 2.16. The maximum atomic E-state index is 11.9. The van der Waals surface area contributed by atoms with Gasteiger partial charge in [-0.05, 0) is 30.3 Å². The minimum atomic E-state index is -1.24. The van der Waals surface area contributed by atoms with Crippen molar-refractivity contribution in [1.82, 2.24) is 0 Å². The normalized spacial score (nSPS) is 10.1. The van der Waals surface area contributed by atoms with Crippen LogP contribution in [-0.2, 0) is 0 Å². The fourth-order valence-electron chi connectivity index (χ4n) is 1.63. The number of hydrogen-bond acceptors (Lipinski definition) is 6. The lowest BCUT2D eigenvalue weighted by Gasteiger charge is -2.09. The molecule has 0 saturated heterocycles. The summed E-state index contributed by atoms with van der Waals surface area (Å²) in [6.07, 6.45) is 0. The minimum Gasteiger partial charge on any atom is -0.504 e. The third-order valence-corrected chi connectivity index (χ3v) is 2.71. The van der Waals surface area contributed by atoms with Crippen LogP contribution in [0.3, 0.4) is 0 Å². The second-order valence-corrected chi connectivity index (χ2v) is 4.12. The van der Waals surface area contributed by atoms with E-state index in [1.807, 2.05) is 0 Å². The maximum absolute atomic E-state index is 11.9. The Morgan fingerprint density at radius 1 is 1.05 bits per heavy atom. The molecule has 7 nitrogen and oxygen atoms in total. The number of phenolic OH excluding ortho intramolecular Hbond substituents is 2. The van der Waals surface area contributed by atoms with Gasteiger partial charge in [0.05, 0.1) is 16.8 Å². The van der Waals surface area contributed by atoms with Gasteiger partial charge in [-0.2, -0.15) is 0 Å². The van der Waals surface area contributed by atoms with Crippen LogP contribution in [0, 0.1) is 0 Å². The molecule has 0 radical (unpaired) electrons. The zero-order valence-electron chi connectivity index (χ0n) is 10.6. The van der Waals surface area contributed by atoms with Crippen LogP contribution in [-0.4, -0.2) is 27.3 Å². The average molecular weight is 289 g/mol. The Bertz CT molecular complexity index is 725. The molecule has 0 amide bonds. The maximum Gasteiger partial charge on any atom is 0.343 e. The van der Waals surface area contributed by atoms with Gasteiger partial charge in [0.25, 0.3) is 0 Å². The highest BCUT2D eigenvalue weighted by atomic mass is 16.5. The van der Waals surface area contributed by atoms with E-state index >= 15 is 0 Å². The van der Waals surface area contributed by atoms with Crippen LogP contribution in [0.5, 0.6) is 17.2 Å². The van der Waals surface area contributed by atoms with Gasteiger partial charge in [-0.3, -0.25) is 0 Å².